The quantitative estimate of drug-likeness (QED) is 0.693. The van der Waals surface area contributed by atoms with Crippen molar-refractivity contribution < 1.29 is 4.79 Å². The van der Waals surface area contributed by atoms with Crippen molar-refractivity contribution in [2.75, 3.05) is 23.7 Å². The van der Waals surface area contributed by atoms with Crippen molar-refractivity contribution in [3.63, 3.8) is 0 Å². The van der Waals surface area contributed by atoms with Gasteiger partial charge in [-0.15, -0.1) is 11.8 Å². The third kappa shape index (κ3) is 2.94. The van der Waals surface area contributed by atoms with E-state index in [1.54, 1.807) is 23.5 Å². The maximum absolute atomic E-state index is 13.1. The van der Waals surface area contributed by atoms with E-state index in [4.69, 9.17) is 0 Å². The second kappa shape index (κ2) is 7.49. The van der Waals surface area contributed by atoms with Gasteiger partial charge in [-0.05, 0) is 61.1 Å². The topological polar surface area (TPSA) is 59.7 Å². The van der Waals surface area contributed by atoms with E-state index in [1.807, 2.05) is 11.8 Å². The summed E-state index contributed by atoms with van der Waals surface area (Å²) in [7, 11) is 0. The number of fused-ring (bicyclic) bond motifs is 3. The third-order valence-corrected chi connectivity index (χ3v) is 8.36. The van der Waals surface area contributed by atoms with Crippen LogP contribution in [0.25, 0.3) is 0 Å². The van der Waals surface area contributed by atoms with Gasteiger partial charge in [0.1, 0.15) is 4.87 Å². The van der Waals surface area contributed by atoms with Crippen LogP contribution < -0.4 is 4.90 Å². The molecule has 3 heterocycles. The van der Waals surface area contributed by atoms with Crippen molar-refractivity contribution in [2.24, 2.45) is 4.99 Å². The molecule has 0 radical (unpaired) electrons. The summed E-state index contributed by atoms with van der Waals surface area (Å²) in [4.78, 5) is 22.8. The van der Waals surface area contributed by atoms with Crippen LogP contribution in [-0.4, -0.2) is 39.7 Å². The summed E-state index contributed by atoms with van der Waals surface area (Å²) in [6.07, 6.45) is 1.11. The van der Waals surface area contributed by atoms with Gasteiger partial charge >= 0.3 is 0 Å². The Kier molecular flexibility index (Phi) is 5.19. The number of hydrogen-bond donors (Lipinski definition) is 0. The zero-order valence-electron chi connectivity index (χ0n) is 16.5. The Labute approximate surface area is 174 Å². The number of aliphatic imine (C=N–C) groups is 1. The molecule has 3 aliphatic rings. The molecule has 0 aliphatic carbocycles. The number of amides is 1. The molecule has 28 heavy (non-hydrogen) atoms. The van der Waals surface area contributed by atoms with Crippen LogP contribution in [0.4, 0.5) is 5.69 Å². The van der Waals surface area contributed by atoms with Gasteiger partial charge in [0, 0.05) is 30.0 Å². The largest absolute Gasteiger partial charge is 0.318 e. The minimum Gasteiger partial charge on any atom is -0.318 e. The lowest BCUT2D eigenvalue weighted by Gasteiger charge is -2.39. The number of benzene rings is 1. The van der Waals surface area contributed by atoms with Crippen LogP contribution in [0, 0.1) is 11.3 Å². The molecule has 0 aromatic heterocycles. The molecule has 0 N–H and O–H groups in total. The van der Waals surface area contributed by atoms with Gasteiger partial charge in [0.15, 0.2) is 5.17 Å². The number of carbonyl (C=O) groups is 1. The van der Waals surface area contributed by atoms with Crippen LogP contribution in [0.1, 0.15) is 39.2 Å². The lowest BCUT2D eigenvalue weighted by Crippen LogP contribution is -2.45. The zero-order valence-corrected chi connectivity index (χ0v) is 18.1. The van der Waals surface area contributed by atoms with E-state index >= 15 is 0 Å². The van der Waals surface area contributed by atoms with Crippen LogP contribution >= 0.6 is 23.5 Å². The highest BCUT2D eigenvalue weighted by molar-refractivity contribution is 8.14. The van der Waals surface area contributed by atoms with E-state index in [0.29, 0.717) is 19.4 Å². The molecule has 1 amide bonds. The first-order valence-corrected chi connectivity index (χ1v) is 11.5. The molecule has 1 atom stereocenters. The molecule has 0 bridgehead atoms. The number of rotatable bonds is 6. The predicted octanol–water partition coefficient (Wildman–Crippen LogP) is 4.40. The van der Waals surface area contributed by atoms with Crippen LogP contribution in [0.3, 0.4) is 0 Å². The lowest BCUT2D eigenvalue weighted by atomic mass is 10.0. The predicted molar refractivity (Wildman–Crippen MR) is 117 cm³/mol. The Hall–Kier alpha value is -1.91. The van der Waals surface area contributed by atoms with Crippen molar-refractivity contribution in [1.29, 1.82) is 5.26 Å². The van der Waals surface area contributed by atoms with Crippen molar-refractivity contribution in [3.8, 4) is 6.07 Å². The van der Waals surface area contributed by atoms with Crippen LogP contribution in [0.15, 0.2) is 39.2 Å². The molecule has 5 nitrogen and oxygen atoms in total. The van der Waals surface area contributed by atoms with E-state index in [9.17, 15) is 10.1 Å². The normalized spacial score (nSPS) is 23.2. The van der Waals surface area contributed by atoms with Gasteiger partial charge in [0.25, 0.3) is 5.91 Å². The summed E-state index contributed by atoms with van der Waals surface area (Å²) >= 11 is 3.50. The van der Waals surface area contributed by atoms with Gasteiger partial charge in [-0.3, -0.25) is 9.79 Å². The number of anilines is 1. The highest BCUT2D eigenvalue weighted by atomic mass is 32.2. The second-order valence-corrected chi connectivity index (χ2v) is 9.79. The number of thioether (sulfide) groups is 2. The molecule has 1 unspecified atom stereocenters. The van der Waals surface area contributed by atoms with Crippen LogP contribution in [-0.2, 0) is 11.3 Å². The van der Waals surface area contributed by atoms with Crippen molar-refractivity contribution in [1.82, 2.24) is 4.90 Å². The third-order valence-electron chi connectivity index (χ3n) is 5.77. The van der Waals surface area contributed by atoms with E-state index in [2.05, 4.69) is 48.0 Å². The molecule has 0 fully saturated rings. The fourth-order valence-corrected chi connectivity index (χ4v) is 6.70. The van der Waals surface area contributed by atoms with Crippen LogP contribution in [0.5, 0.6) is 0 Å². The Morgan fingerprint density at radius 1 is 1.39 bits per heavy atom. The molecule has 4 rings (SSSR count). The van der Waals surface area contributed by atoms with Crippen molar-refractivity contribution >= 4 is 40.3 Å². The highest BCUT2D eigenvalue weighted by Gasteiger charge is 2.48. The Balaban J connectivity index is 1.66. The van der Waals surface area contributed by atoms with Gasteiger partial charge in [-0.2, -0.15) is 5.26 Å². The van der Waals surface area contributed by atoms with E-state index in [-0.39, 0.29) is 5.91 Å². The fraction of sp³-hybridized carbons (Fsp3) is 0.476. The first-order valence-electron chi connectivity index (χ1n) is 9.65. The number of nitriles is 1. The number of hydrogen-bond acceptors (Lipinski definition) is 6. The molecule has 0 spiro atoms. The fourth-order valence-electron chi connectivity index (χ4n) is 4.24. The number of nitrogens with zero attached hydrogens (tertiary/aromatic N) is 4. The van der Waals surface area contributed by atoms with Crippen LogP contribution in [0.2, 0.25) is 0 Å². The Bertz CT molecular complexity index is 933. The second-order valence-electron chi connectivity index (χ2n) is 7.24. The SMILES string of the molecule is CCSC1(CCC#N)C(C)=C(C)C(=O)N1Cc1ccc2c(c1)N1CCN=C1S2. The Morgan fingerprint density at radius 3 is 2.96 bits per heavy atom. The average Bonchev–Trinajstić information content (AvgIpc) is 3.33. The van der Waals surface area contributed by atoms with Gasteiger partial charge in [0.2, 0.25) is 0 Å². The zero-order chi connectivity index (χ0) is 19.9. The molecule has 7 heteroatoms. The highest BCUT2D eigenvalue weighted by Crippen LogP contribution is 2.48. The molecular formula is C21H24N4OS2. The number of amidine groups is 1. The molecule has 0 saturated heterocycles. The summed E-state index contributed by atoms with van der Waals surface area (Å²) in [6, 6.07) is 8.75. The van der Waals surface area contributed by atoms with E-state index in [0.717, 1.165) is 40.7 Å². The van der Waals surface area contributed by atoms with E-state index < -0.39 is 4.87 Å². The summed E-state index contributed by atoms with van der Waals surface area (Å²) in [6.45, 7) is 8.43. The van der Waals surface area contributed by atoms with Crippen molar-refractivity contribution in [3.05, 3.63) is 34.9 Å². The molecule has 0 saturated carbocycles. The molecule has 1 aromatic carbocycles. The summed E-state index contributed by atoms with van der Waals surface area (Å²) in [5, 5.41) is 10.3. The molecular weight excluding hydrogens is 388 g/mol. The van der Waals surface area contributed by atoms with E-state index in [1.165, 1.54) is 10.6 Å². The summed E-state index contributed by atoms with van der Waals surface area (Å²) < 4.78 is 0. The summed E-state index contributed by atoms with van der Waals surface area (Å²) in [5.41, 5.74) is 4.26. The van der Waals surface area contributed by atoms with Gasteiger partial charge in [-0.25, -0.2) is 0 Å². The van der Waals surface area contributed by atoms with Gasteiger partial charge in [-0.1, -0.05) is 13.0 Å². The minimum absolute atomic E-state index is 0.0923. The lowest BCUT2D eigenvalue weighted by molar-refractivity contribution is -0.128. The van der Waals surface area contributed by atoms with Gasteiger partial charge in [0.05, 0.1) is 18.3 Å². The van der Waals surface area contributed by atoms with Gasteiger partial charge < -0.3 is 9.80 Å². The number of carbonyl (C=O) groups excluding carboxylic acids is 1. The minimum atomic E-state index is -0.417. The monoisotopic (exact) mass is 412 g/mol. The smallest absolute Gasteiger partial charge is 0.251 e. The molecule has 1 aromatic rings. The standard InChI is InChI=1S/C21H24N4OS2/c1-4-27-21(8-5-9-22)15(3)14(2)19(26)25(21)13-16-6-7-18-17(12-16)24-11-10-23-20(24)28-18/h6-7,12H,4-5,8,10-11,13H2,1-3H3. The summed E-state index contributed by atoms with van der Waals surface area (Å²) in [5.74, 6) is 0.989. The average molecular weight is 413 g/mol. The Morgan fingerprint density at radius 2 is 2.21 bits per heavy atom. The molecule has 3 aliphatic heterocycles. The maximum atomic E-state index is 13.1. The van der Waals surface area contributed by atoms with Crippen molar-refractivity contribution in [2.45, 2.75) is 49.9 Å². The first-order chi connectivity index (χ1) is 13.5. The first kappa shape index (κ1) is 19.4. The molecule has 146 valence electrons. The maximum Gasteiger partial charge on any atom is 0.251 e.